The molecule has 2 aromatic heterocycles. The highest BCUT2D eigenvalue weighted by Gasteiger charge is 2.20. The Bertz CT molecular complexity index is 1250. The first-order valence-electron chi connectivity index (χ1n) is 8.68. The van der Waals surface area contributed by atoms with Crippen molar-refractivity contribution in [2.45, 2.75) is 13.0 Å². The summed E-state index contributed by atoms with van der Waals surface area (Å²) in [4.78, 5) is 16.0. The normalized spacial score (nSPS) is 12.2. The van der Waals surface area contributed by atoms with Gasteiger partial charge in [0.2, 0.25) is 0 Å². The molecule has 0 bridgehead atoms. The first-order chi connectivity index (χ1) is 14.4. The summed E-state index contributed by atoms with van der Waals surface area (Å²) in [5, 5.41) is -0.297. The summed E-state index contributed by atoms with van der Waals surface area (Å²) in [5.74, 6) is -1.72. The fraction of sp³-hybridized carbons (Fsp3) is 0.100. The summed E-state index contributed by atoms with van der Waals surface area (Å²) in [6.45, 7) is 1.67. The Morgan fingerprint density at radius 1 is 0.967 bits per heavy atom. The smallest absolute Gasteiger partial charge is 0.169 e. The number of anilines is 1. The number of hydrogen-bond acceptors (Lipinski definition) is 6. The average Bonchev–Trinajstić information content (AvgIpc) is 2.73. The number of hydrogen-bond donors (Lipinski definition) is 1. The van der Waals surface area contributed by atoms with Crippen molar-refractivity contribution in [3.63, 3.8) is 0 Å². The third kappa shape index (κ3) is 3.48. The van der Waals surface area contributed by atoms with Gasteiger partial charge >= 0.3 is 0 Å². The van der Waals surface area contributed by atoms with Crippen molar-refractivity contribution >= 4 is 28.3 Å². The molecule has 2 N–H and O–H groups in total. The lowest BCUT2D eigenvalue weighted by molar-refractivity contribution is 0.219. The van der Waals surface area contributed by atoms with E-state index in [1.54, 1.807) is 19.1 Å². The lowest BCUT2D eigenvalue weighted by Gasteiger charge is -2.17. The van der Waals surface area contributed by atoms with Crippen molar-refractivity contribution < 1.29 is 17.9 Å². The van der Waals surface area contributed by atoms with Crippen LogP contribution in [0.15, 0.2) is 43.0 Å². The first-order valence-corrected chi connectivity index (χ1v) is 9.05. The van der Waals surface area contributed by atoms with E-state index in [2.05, 4.69) is 19.9 Å². The lowest BCUT2D eigenvalue weighted by Crippen LogP contribution is -2.09. The minimum Gasteiger partial charge on any atom is -0.482 e. The molecule has 4 aromatic rings. The van der Waals surface area contributed by atoms with Crippen molar-refractivity contribution in [2.75, 3.05) is 5.73 Å². The van der Waals surface area contributed by atoms with E-state index in [-0.39, 0.29) is 22.7 Å². The number of nitrogens with two attached hydrogens (primary N) is 1. The van der Waals surface area contributed by atoms with Crippen LogP contribution in [0.3, 0.4) is 0 Å². The number of benzene rings is 2. The number of nitrogen functional groups attached to an aromatic ring is 1. The quantitative estimate of drug-likeness (QED) is 0.463. The molecule has 0 unspecified atom stereocenters. The number of ether oxygens (including phenoxy) is 1. The van der Waals surface area contributed by atoms with E-state index < -0.39 is 28.6 Å². The van der Waals surface area contributed by atoms with Gasteiger partial charge in [-0.15, -0.1) is 0 Å². The molecule has 0 amide bonds. The maximum absolute atomic E-state index is 14.6. The van der Waals surface area contributed by atoms with Crippen molar-refractivity contribution in [3.05, 3.63) is 71.3 Å². The van der Waals surface area contributed by atoms with Crippen LogP contribution in [0, 0.1) is 17.5 Å². The Balaban J connectivity index is 1.83. The molecule has 2 aromatic carbocycles. The molecule has 0 aliphatic rings. The molecular formula is C20H13ClF3N5O. The first kappa shape index (κ1) is 19.8. The number of fused-ring (bicyclic) bond motifs is 1. The monoisotopic (exact) mass is 431 g/mol. The number of nitrogens with zero attached hydrogens (tertiary/aromatic N) is 4. The largest absolute Gasteiger partial charge is 0.482 e. The zero-order valence-electron chi connectivity index (χ0n) is 15.4. The summed E-state index contributed by atoms with van der Waals surface area (Å²) < 4.78 is 47.2. The second-order valence-electron chi connectivity index (χ2n) is 6.34. The van der Waals surface area contributed by atoms with Gasteiger partial charge in [-0.05, 0) is 31.2 Å². The number of halogens is 4. The molecule has 152 valence electrons. The fourth-order valence-corrected chi connectivity index (χ4v) is 3.16. The predicted octanol–water partition coefficient (Wildman–Crippen LogP) is 4.88. The summed E-state index contributed by atoms with van der Waals surface area (Å²) in [7, 11) is 0. The molecular weight excluding hydrogens is 419 g/mol. The molecule has 4 rings (SSSR count). The number of rotatable bonds is 4. The summed E-state index contributed by atoms with van der Waals surface area (Å²) in [6.07, 6.45) is 2.63. The van der Waals surface area contributed by atoms with E-state index >= 15 is 0 Å². The van der Waals surface area contributed by atoms with E-state index in [4.69, 9.17) is 22.1 Å². The molecule has 0 aliphatic heterocycles. The molecule has 0 spiro atoms. The van der Waals surface area contributed by atoms with Gasteiger partial charge in [0, 0.05) is 11.1 Å². The maximum Gasteiger partial charge on any atom is 0.169 e. The SMILES string of the molecule is C[C@H](Oc1ccc(-c2ccc(F)c(Cl)c2F)c2ncnc(N)c12)c1ncc(F)cn1. The highest BCUT2D eigenvalue weighted by atomic mass is 35.5. The highest BCUT2D eigenvalue weighted by Crippen LogP contribution is 2.39. The van der Waals surface area contributed by atoms with Crippen LogP contribution in [-0.4, -0.2) is 19.9 Å². The van der Waals surface area contributed by atoms with Crippen LogP contribution in [0.4, 0.5) is 19.0 Å². The molecule has 2 heterocycles. The second kappa shape index (κ2) is 7.75. The van der Waals surface area contributed by atoms with Crippen LogP contribution in [0.5, 0.6) is 5.75 Å². The van der Waals surface area contributed by atoms with Gasteiger partial charge in [-0.3, -0.25) is 0 Å². The molecule has 30 heavy (non-hydrogen) atoms. The Morgan fingerprint density at radius 3 is 2.40 bits per heavy atom. The minimum absolute atomic E-state index is 0.0472. The fourth-order valence-electron chi connectivity index (χ4n) is 2.99. The van der Waals surface area contributed by atoms with Crippen molar-refractivity contribution in [2.24, 2.45) is 0 Å². The van der Waals surface area contributed by atoms with Gasteiger partial charge < -0.3 is 10.5 Å². The summed E-state index contributed by atoms with van der Waals surface area (Å²) in [5.41, 5.74) is 6.70. The molecule has 0 saturated carbocycles. The van der Waals surface area contributed by atoms with Crippen LogP contribution >= 0.6 is 11.6 Å². The van der Waals surface area contributed by atoms with Crippen molar-refractivity contribution in [3.8, 4) is 16.9 Å². The molecule has 6 nitrogen and oxygen atoms in total. The van der Waals surface area contributed by atoms with Gasteiger partial charge in [0.1, 0.15) is 28.7 Å². The summed E-state index contributed by atoms with van der Waals surface area (Å²) >= 11 is 5.72. The van der Waals surface area contributed by atoms with Gasteiger partial charge in [0.15, 0.2) is 23.6 Å². The van der Waals surface area contributed by atoms with Crippen LogP contribution in [0.25, 0.3) is 22.0 Å². The second-order valence-corrected chi connectivity index (χ2v) is 6.71. The van der Waals surface area contributed by atoms with E-state index in [1.165, 1.54) is 12.4 Å². The lowest BCUT2D eigenvalue weighted by atomic mass is 10.0. The standard InChI is InChI=1S/C20H13ClF3N5O/c1-9(20-26-6-10(22)7-27-20)30-14-5-3-12(18-15(14)19(25)29-8-28-18)11-2-4-13(23)16(21)17(11)24/h2-9H,1H3,(H2,25,28,29)/t9-/m0/s1. The zero-order valence-corrected chi connectivity index (χ0v) is 16.2. The van der Waals surface area contributed by atoms with Crippen molar-refractivity contribution in [1.29, 1.82) is 0 Å². The molecule has 0 radical (unpaired) electrons. The highest BCUT2D eigenvalue weighted by molar-refractivity contribution is 6.31. The Hall–Kier alpha value is -3.46. The molecule has 0 saturated heterocycles. The Morgan fingerprint density at radius 2 is 1.67 bits per heavy atom. The maximum atomic E-state index is 14.6. The van der Waals surface area contributed by atoms with E-state index in [0.717, 1.165) is 18.5 Å². The average molecular weight is 432 g/mol. The van der Waals surface area contributed by atoms with Crippen LogP contribution < -0.4 is 10.5 Å². The third-order valence-corrected chi connectivity index (χ3v) is 4.76. The summed E-state index contributed by atoms with van der Waals surface area (Å²) in [6, 6.07) is 5.43. The Labute approximate surface area is 173 Å². The molecule has 0 aliphatic carbocycles. The van der Waals surface area contributed by atoms with Crippen LogP contribution in [0.1, 0.15) is 18.9 Å². The zero-order chi connectivity index (χ0) is 21.4. The van der Waals surface area contributed by atoms with Crippen LogP contribution in [-0.2, 0) is 0 Å². The molecule has 10 heteroatoms. The molecule has 1 atom stereocenters. The van der Waals surface area contributed by atoms with Gasteiger partial charge in [-0.1, -0.05) is 11.6 Å². The van der Waals surface area contributed by atoms with Crippen LogP contribution in [0.2, 0.25) is 5.02 Å². The molecule has 0 fully saturated rings. The number of aromatic nitrogens is 4. The van der Waals surface area contributed by atoms with Gasteiger partial charge in [-0.25, -0.2) is 33.1 Å². The van der Waals surface area contributed by atoms with E-state index in [1.807, 2.05) is 0 Å². The van der Waals surface area contributed by atoms with Crippen molar-refractivity contribution in [1.82, 2.24) is 19.9 Å². The van der Waals surface area contributed by atoms with E-state index in [0.29, 0.717) is 16.7 Å². The predicted molar refractivity (Wildman–Crippen MR) is 105 cm³/mol. The van der Waals surface area contributed by atoms with Gasteiger partial charge in [-0.2, -0.15) is 0 Å². The van der Waals surface area contributed by atoms with Gasteiger partial charge in [0.25, 0.3) is 0 Å². The minimum atomic E-state index is -0.920. The third-order valence-electron chi connectivity index (χ3n) is 4.41. The van der Waals surface area contributed by atoms with Gasteiger partial charge in [0.05, 0.1) is 23.3 Å². The topological polar surface area (TPSA) is 86.8 Å². The van der Waals surface area contributed by atoms with E-state index in [9.17, 15) is 13.2 Å². The Kier molecular flexibility index (Phi) is 5.13.